The first kappa shape index (κ1) is 24.6. The van der Waals surface area contributed by atoms with Gasteiger partial charge in [-0.15, -0.1) is 0 Å². The molecule has 2 amide bonds. The number of sulfonamides is 1. The lowest BCUT2D eigenvalue weighted by Crippen LogP contribution is -2.36. The molecule has 0 radical (unpaired) electrons. The molecule has 2 aromatic rings. The third-order valence-corrected chi connectivity index (χ3v) is 5.11. The zero-order chi connectivity index (χ0) is 23.4. The number of likely N-dealkylation sites (N-methyl/N-ethyl adjacent to an activating group) is 1. The monoisotopic (exact) mass is 478 g/mol. The average molecular weight is 479 g/mol. The highest BCUT2D eigenvalue weighted by Gasteiger charge is 2.33. The van der Waals surface area contributed by atoms with Crippen LogP contribution in [0.15, 0.2) is 47.4 Å². The minimum Gasteiger partial charge on any atom is -0.325 e. The average Bonchev–Trinajstić information content (AvgIpc) is 2.61. The van der Waals surface area contributed by atoms with E-state index in [0.717, 1.165) is 12.1 Å². The van der Waals surface area contributed by atoms with Gasteiger partial charge in [-0.05, 0) is 49.5 Å². The van der Waals surface area contributed by atoms with E-state index in [2.05, 4.69) is 10.6 Å². The van der Waals surface area contributed by atoms with E-state index in [1.54, 1.807) is 0 Å². The van der Waals surface area contributed by atoms with Crippen molar-refractivity contribution >= 4 is 44.8 Å². The highest BCUT2D eigenvalue weighted by atomic mass is 35.5. The Bertz CT molecular complexity index is 1080. The van der Waals surface area contributed by atoms with Gasteiger partial charge in [0.1, 0.15) is 0 Å². The zero-order valence-corrected chi connectivity index (χ0v) is 17.6. The minimum absolute atomic E-state index is 0.0884. The smallest absolute Gasteiger partial charge is 0.325 e. The number of hydrogen-bond acceptors (Lipinski definition) is 5. The lowest BCUT2D eigenvalue weighted by molar-refractivity contribution is -0.137. The van der Waals surface area contributed by atoms with Crippen LogP contribution in [0.2, 0.25) is 5.02 Å². The predicted molar refractivity (Wildman–Crippen MR) is 109 cm³/mol. The zero-order valence-electron chi connectivity index (χ0n) is 16.0. The highest BCUT2D eigenvalue weighted by molar-refractivity contribution is 7.89. The second-order valence-corrected chi connectivity index (χ2v) is 8.50. The SMILES string of the molecule is CN(CC(=O)Nc1ccc(S(N)(=O)=O)cc1)CC(=O)Nc1ccc(Cl)c(C(F)(F)F)c1. The Balaban J connectivity index is 1.90. The molecule has 31 heavy (non-hydrogen) atoms. The van der Waals surface area contributed by atoms with Crippen LogP contribution in [0.25, 0.3) is 0 Å². The second kappa shape index (κ2) is 9.64. The third-order valence-electron chi connectivity index (χ3n) is 3.85. The molecule has 0 aromatic heterocycles. The summed E-state index contributed by atoms with van der Waals surface area (Å²) in [5, 5.41) is 9.33. The molecule has 4 N–H and O–H groups in total. The topological polar surface area (TPSA) is 122 Å². The van der Waals surface area contributed by atoms with Crippen molar-refractivity contribution in [1.29, 1.82) is 0 Å². The number of primary sulfonamides is 1. The number of carbonyl (C=O) groups is 2. The summed E-state index contributed by atoms with van der Waals surface area (Å²) >= 11 is 5.54. The third kappa shape index (κ3) is 7.51. The Labute approximate surface area is 181 Å². The molecular weight excluding hydrogens is 461 g/mol. The van der Waals surface area contributed by atoms with Gasteiger partial charge in [0.05, 0.1) is 28.6 Å². The van der Waals surface area contributed by atoms with E-state index in [1.165, 1.54) is 42.3 Å². The van der Waals surface area contributed by atoms with Crippen molar-refractivity contribution < 1.29 is 31.2 Å². The summed E-state index contributed by atoms with van der Waals surface area (Å²) in [7, 11) is -2.39. The molecule has 2 rings (SSSR count). The van der Waals surface area contributed by atoms with Crippen LogP contribution in [-0.4, -0.2) is 45.3 Å². The van der Waals surface area contributed by atoms with Crippen molar-refractivity contribution in [2.75, 3.05) is 30.8 Å². The summed E-state index contributed by atoms with van der Waals surface area (Å²) in [6, 6.07) is 8.13. The van der Waals surface area contributed by atoms with Crippen LogP contribution in [0.3, 0.4) is 0 Å². The van der Waals surface area contributed by atoms with Gasteiger partial charge in [-0.3, -0.25) is 14.5 Å². The Morgan fingerprint density at radius 1 is 1.00 bits per heavy atom. The molecule has 0 atom stereocenters. The Kier molecular flexibility index (Phi) is 7.65. The molecule has 0 bridgehead atoms. The highest BCUT2D eigenvalue weighted by Crippen LogP contribution is 2.36. The fourth-order valence-electron chi connectivity index (χ4n) is 2.50. The summed E-state index contributed by atoms with van der Waals surface area (Å²) in [6.45, 7) is -0.486. The van der Waals surface area contributed by atoms with Crippen LogP contribution in [0.1, 0.15) is 5.56 Å². The van der Waals surface area contributed by atoms with E-state index in [1.807, 2.05) is 0 Å². The number of rotatable bonds is 7. The van der Waals surface area contributed by atoms with E-state index in [-0.39, 0.29) is 23.7 Å². The number of alkyl halides is 3. The van der Waals surface area contributed by atoms with E-state index < -0.39 is 38.6 Å². The Hall–Kier alpha value is -2.67. The number of nitrogens with zero attached hydrogens (tertiary/aromatic N) is 1. The maximum Gasteiger partial charge on any atom is 0.417 e. The molecule has 0 heterocycles. The summed E-state index contributed by atoms with van der Waals surface area (Å²) in [6.07, 6.45) is -4.67. The molecular formula is C18H18ClF3N4O4S. The molecule has 0 aliphatic heterocycles. The van der Waals surface area contributed by atoms with Gasteiger partial charge in [0.2, 0.25) is 21.8 Å². The van der Waals surface area contributed by atoms with Crippen LogP contribution in [0, 0.1) is 0 Å². The van der Waals surface area contributed by atoms with Crippen molar-refractivity contribution in [3.8, 4) is 0 Å². The van der Waals surface area contributed by atoms with Crippen LogP contribution >= 0.6 is 11.6 Å². The van der Waals surface area contributed by atoms with Crippen molar-refractivity contribution in [2.45, 2.75) is 11.1 Å². The quantitative estimate of drug-likeness (QED) is 0.564. The van der Waals surface area contributed by atoms with Crippen LogP contribution in [0.5, 0.6) is 0 Å². The number of hydrogen-bond donors (Lipinski definition) is 3. The summed E-state index contributed by atoms with van der Waals surface area (Å²) in [5.74, 6) is -1.13. The number of nitrogens with one attached hydrogen (secondary N) is 2. The Morgan fingerprint density at radius 2 is 1.48 bits per heavy atom. The fraction of sp³-hybridized carbons (Fsp3) is 0.222. The predicted octanol–water partition coefficient (Wildman–Crippen LogP) is 2.52. The number of benzene rings is 2. The standard InChI is InChI=1S/C18H18ClF3N4O4S/c1-26(9-16(27)24-11-2-5-13(6-3-11)31(23,29)30)10-17(28)25-12-4-7-15(19)14(8-12)18(20,21)22/h2-8H,9-10H2,1H3,(H,24,27)(H,25,28)(H2,23,29,30). The summed E-state index contributed by atoms with van der Waals surface area (Å²) < 4.78 is 61.1. The molecule has 8 nitrogen and oxygen atoms in total. The van der Waals surface area contributed by atoms with Crippen molar-refractivity contribution in [2.24, 2.45) is 5.14 Å². The molecule has 0 unspecified atom stereocenters. The van der Waals surface area contributed by atoms with Gasteiger partial charge in [0, 0.05) is 11.4 Å². The number of amides is 2. The molecule has 0 spiro atoms. The fourth-order valence-corrected chi connectivity index (χ4v) is 3.24. The first-order valence-corrected chi connectivity index (χ1v) is 10.5. The van der Waals surface area contributed by atoms with Crippen molar-refractivity contribution in [3.05, 3.63) is 53.1 Å². The molecule has 13 heteroatoms. The normalized spacial score (nSPS) is 12.0. The number of carbonyl (C=O) groups excluding carboxylic acids is 2. The van der Waals surface area contributed by atoms with Gasteiger partial charge >= 0.3 is 6.18 Å². The van der Waals surface area contributed by atoms with Crippen LogP contribution < -0.4 is 15.8 Å². The van der Waals surface area contributed by atoms with Crippen LogP contribution in [-0.2, 0) is 25.8 Å². The lowest BCUT2D eigenvalue weighted by Gasteiger charge is -2.17. The van der Waals surface area contributed by atoms with E-state index in [9.17, 15) is 31.2 Å². The first-order valence-electron chi connectivity index (χ1n) is 8.53. The van der Waals surface area contributed by atoms with E-state index in [4.69, 9.17) is 16.7 Å². The second-order valence-electron chi connectivity index (χ2n) is 6.53. The number of anilines is 2. The van der Waals surface area contributed by atoms with Crippen molar-refractivity contribution in [1.82, 2.24) is 4.90 Å². The van der Waals surface area contributed by atoms with E-state index >= 15 is 0 Å². The maximum atomic E-state index is 12.9. The molecule has 0 aliphatic carbocycles. The van der Waals surface area contributed by atoms with Crippen LogP contribution in [0.4, 0.5) is 24.5 Å². The molecule has 2 aromatic carbocycles. The molecule has 0 aliphatic rings. The minimum atomic E-state index is -4.67. The maximum absolute atomic E-state index is 12.9. The largest absolute Gasteiger partial charge is 0.417 e. The lowest BCUT2D eigenvalue weighted by atomic mass is 10.2. The van der Waals surface area contributed by atoms with Gasteiger partial charge < -0.3 is 10.6 Å². The molecule has 0 saturated heterocycles. The van der Waals surface area contributed by atoms with Gasteiger partial charge in [-0.25, -0.2) is 13.6 Å². The Morgan fingerprint density at radius 3 is 1.97 bits per heavy atom. The van der Waals surface area contributed by atoms with Gasteiger partial charge in [-0.2, -0.15) is 13.2 Å². The first-order chi connectivity index (χ1) is 14.3. The summed E-state index contributed by atoms with van der Waals surface area (Å²) in [5.41, 5.74) is -0.848. The molecule has 0 saturated carbocycles. The molecule has 168 valence electrons. The van der Waals surface area contributed by atoms with Gasteiger partial charge in [0.15, 0.2) is 0 Å². The van der Waals surface area contributed by atoms with Crippen molar-refractivity contribution in [3.63, 3.8) is 0 Å². The number of nitrogens with two attached hydrogens (primary N) is 1. The van der Waals surface area contributed by atoms with E-state index in [0.29, 0.717) is 5.69 Å². The summed E-state index contributed by atoms with van der Waals surface area (Å²) in [4.78, 5) is 25.4. The van der Waals surface area contributed by atoms with Gasteiger partial charge in [0.25, 0.3) is 0 Å². The molecule has 0 fully saturated rings. The number of halogens is 4. The van der Waals surface area contributed by atoms with Gasteiger partial charge in [-0.1, -0.05) is 11.6 Å².